The van der Waals surface area contributed by atoms with E-state index in [0.717, 1.165) is 37.9 Å². The third-order valence-electron chi connectivity index (χ3n) is 3.53. The number of rotatable bonds is 3. The van der Waals surface area contributed by atoms with Gasteiger partial charge in [-0.3, -0.25) is 0 Å². The minimum absolute atomic E-state index is 0.284. The summed E-state index contributed by atoms with van der Waals surface area (Å²) in [6.45, 7) is 4.22. The largest absolute Gasteiger partial charge is 0.388 e. The van der Waals surface area contributed by atoms with E-state index in [4.69, 9.17) is 0 Å². The van der Waals surface area contributed by atoms with Crippen LogP contribution in [0, 0.1) is 5.92 Å². The summed E-state index contributed by atoms with van der Waals surface area (Å²) in [5, 5.41) is 13.7. The van der Waals surface area contributed by atoms with Gasteiger partial charge >= 0.3 is 0 Å². The number of hydrogen-bond acceptors (Lipinski definition) is 2. The topological polar surface area (TPSA) is 32.3 Å². The van der Waals surface area contributed by atoms with Crippen LogP contribution in [0.5, 0.6) is 0 Å². The fourth-order valence-corrected chi connectivity index (χ4v) is 2.43. The Morgan fingerprint density at radius 3 is 2.81 bits per heavy atom. The van der Waals surface area contributed by atoms with Gasteiger partial charge in [-0.25, -0.2) is 0 Å². The molecule has 0 aromatic heterocycles. The molecule has 2 N–H and O–H groups in total. The highest BCUT2D eigenvalue weighted by Gasteiger charge is 2.22. The number of hydrogen-bond donors (Lipinski definition) is 2. The van der Waals surface area contributed by atoms with Crippen molar-refractivity contribution in [1.29, 1.82) is 0 Å². The molecule has 2 heteroatoms. The summed E-state index contributed by atoms with van der Waals surface area (Å²) in [7, 11) is 0. The van der Waals surface area contributed by atoms with E-state index >= 15 is 0 Å². The SMILES string of the molecule is CCc1cccc(C(O)C2CCNCC2)c1. The average Bonchev–Trinajstić information content (AvgIpc) is 2.39. The summed E-state index contributed by atoms with van der Waals surface area (Å²) in [6.07, 6.45) is 2.91. The van der Waals surface area contributed by atoms with E-state index in [9.17, 15) is 5.11 Å². The van der Waals surface area contributed by atoms with Crippen LogP contribution in [0.1, 0.15) is 37.0 Å². The maximum atomic E-state index is 10.3. The molecule has 1 unspecified atom stereocenters. The fraction of sp³-hybridized carbons (Fsp3) is 0.571. The molecular formula is C14H21NO. The Morgan fingerprint density at radius 1 is 1.38 bits per heavy atom. The molecule has 1 aliphatic heterocycles. The minimum Gasteiger partial charge on any atom is -0.388 e. The molecular weight excluding hydrogens is 198 g/mol. The number of aliphatic hydroxyl groups excluding tert-OH is 1. The number of aryl methyl sites for hydroxylation is 1. The molecule has 0 saturated carbocycles. The van der Waals surface area contributed by atoms with E-state index in [1.54, 1.807) is 0 Å². The lowest BCUT2D eigenvalue weighted by molar-refractivity contribution is 0.0889. The lowest BCUT2D eigenvalue weighted by atomic mass is 9.87. The maximum Gasteiger partial charge on any atom is 0.0819 e. The third-order valence-corrected chi connectivity index (χ3v) is 3.53. The molecule has 2 rings (SSSR count). The number of aliphatic hydroxyl groups is 1. The van der Waals surface area contributed by atoms with Gasteiger partial charge in [-0.05, 0) is 49.4 Å². The van der Waals surface area contributed by atoms with Crippen molar-refractivity contribution in [2.75, 3.05) is 13.1 Å². The van der Waals surface area contributed by atoms with Crippen molar-refractivity contribution < 1.29 is 5.11 Å². The average molecular weight is 219 g/mol. The first-order chi connectivity index (χ1) is 7.81. The highest BCUT2D eigenvalue weighted by atomic mass is 16.3. The van der Waals surface area contributed by atoms with Crippen molar-refractivity contribution in [3.8, 4) is 0 Å². The Morgan fingerprint density at radius 2 is 2.12 bits per heavy atom. The lowest BCUT2D eigenvalue weighted by Crippen LogP contribution is -2.30. The highest BCUT2D eigenvalue weighted by Crippen LogP contribution is 2.29. The molecule has 0 spiro atoms. The van der Waals surface area contributed by atoms with Gasteiger partial charge in [0.15, 0.2) is 0 Å². The second kappa shape index (κ2) is 5.46. The monoisotopic (exact) mass is 219 g/mol. The zero-order chi connectivity index (χ0) is 11.4. The first-order valence-corrected chi connectivity index (χ1v) is 6.29. The van der Waals surface area contributed by atoms with Crippen molar-refractivity contribution in [3.63, 3.8) is 0 Å². The van der Waals surface area contributed by atoms with E-state index in [2.05, 4.69) is 30.4 Å². The second-order valence-corrected chi connectivity index (χ2v) is 4.63. The van der Waals surface area contributed by atoms with Gasteiger partial charge in [-0.15, -0.1) is 0 Å². The van der Waals surface area contributed by atoms with E-state index in [0.29, 0.717) is 5.92 Å². The third kappa shape index (κ3) is 2.63. The standard InChI is InChI=1S/C14H21NO/c1-2-11-4-3-5-13(10-11)14(16)12-6-8-15-9-7-12/h3-5,10,12,14-16H,2,6-9H2,1H3. The van der Waals surface area contributed by atoms with Crippen molar-refractivity contribution in [2.24, 2.45) is 5.92 Å². The van der Waals surface area contributed by atoms with Crippen LogP contribution in [0.4, 0.5) is 0 Å². The predicted octanol–water partition coefficient (Wildman–Crippen LogP) is 2.28. The van der Waals surface area contributed by atoms with Gasteiger partial charge in [0.2, 0.25) is 0 Å². The molecule has 16 heavy (non-hydrogen) atoms. The zero-order valence-corrected chi connectivity index (χ0v) is 9.95. The van der Waals surface area contributed by atoms with Gasteiger partial charge < -0.3 is 10.4 Å². The van der Waals surface area contributed by atoms with E-state index in [1.807, 2.05) is 6.07 Å². The first-order valence-electron chi connectivity index (χ1n) is 6.29. The van der Waals surface area contributed by atoms with Gasteiger partial charge in [0.05, 0.1) is 6.10 Å². The molecule has 88 valence electrons. The molecule has 1 aromatic carbocycles. The van der Waals surface area contributed by atoms with Crippen LogP contribution in [-0.4, -0.2) is 18.2 Å². The molecule has 0 radical (unpaired) electrons. The number of benzene rings is 1. The summed E-state index contributed by atoms with van der Waals surface area (Å²) in [4.78, 5) is 0. The van der Waals surface area contributed by atoms with Gasteiger partial charge in [-0.1, -0.05) is 31.2 Å². The van der Waals surface area contributed by atoms with Crippen LogP contribution in [-0.2, 0) is 6.42 Å². The number of piperidine rings is 1. The molecule has 2 nitrogen and oxygen atoms in total. The summed E-state index contributed by atoms with van der Waals surface area (Å²) < 4.78 is 0. The lowest BCUT2D eigenvalue weighted by Gasteiger charge is -2.27. The van der Waals surface area contributed by atoms with Crippen molar-refractivity contribution in [1.82, 2.24) is 5.32 Å². The summed E-state index contributed by atoms with van der Waals surface area (Å²) in [6, 6.07) is 8.37. The second-order valence-electron chi connectivity index (χ2n) is 4.63. The predicted molar refractivity (Wildman–Crippen MR) is 66.4 cm³/mol. The fourth-order valence-electron chi connectivity index (χ4n) is 2.43. The Hall–Kier alpha value is -0.860. The van der Waals surface area contributed by atoms with Crippen molar-refractivity contribution >= 4 is 0 Å². The van der Waals surface area contributed by atoms with E-state index < -0.39 is 0 Å². The molecule has 0 aliphatic carbocycles. The van der Waals surface area contributed by atoms with Crippen LogP contribution < -0.4 is 5.32 Å². The molecule has 1 saturated heterocycles. The van der Waals surface area contributed by atoms with Crippen molar-refractivity contribution in [3.05, 3.63) is 35.4 Å². The summed E-state index contributed by atoms with van der Waals surface area (Å²) in [5.74, 6) is 0.424. The van der Waals surface area contributed by atoms with Crippen LogP contribution in [0.3, 0.4) is 0 Å². The number of nitrogens with one attached hydrogen (secondary N) is 1. The Balaban J connectivity index is 2.09. The highest BCUT2D eigenvalue weighted by molar-refractivity contribution is 5.25. The van der Waals surface area contributed by atoms with E-state index in [1.165, 1.54) is 5.56 Å². The smallest absolute Gasteiger partial charge is 0.0819 e. The van der Waals surface area contributed by atoms with Gasteiger partial charge in [0, 0.05) is 0 Å². The minimum atomic E-state index is -0.284. The summed E-state index contributed by atoms with van der Waals surface area (Å²) in [5.41, 5.74) is 2.40. The van der Waals surface area contributed by atoms with Crippen LogP contribution in [0.2, 0.25) is 0 Å². The molecule has 1 heterocycles. The van der Waals surface area contributed by atoms with Crippen LogP contribution >= 0.6 is 0 Å². The normalized spacial score (nSPS) is 19.6. The Bertz CT molecular complexity index is 331. The molecule has 0 bridgehead atoms. The molecule has 1 atom stereocenters. The van der Waals surface area contributed by atoms with Gasteiger partial charge in [0.1, 0.15) is 0 Å². The van der Waals surface area contributed by atoms with Gasteiger partial charge in [-0.2, -0.15) is 0 Å². The van der Waals surface area contributed by atoms with Crippen LogP contribution in [0.25, 0.3) is 0 Å². The Labute approximate surface area is 97.7 Å². The molecule has 1 aromatic rings. The Kier molecular flexibility index (Phi) is 3.97. The van der Waals surface area contributed by atoms with Crippen molar-refractivity contribution in [2.45, 2.75) is 32.3 Å². The quantitative estimate of drug-likeness (QED) is 0.817. The first kappa shape index (κ1) is 11.6. The van der Waals surface area contributed by atoms with Crippen LogP contribution in [0.15, 0.2) is 24.3 Å². The maximum absolute atomic E-state index is 10.3. The van der Waals surface area contributed by atoms with Gasteiger partial charge in [0.25, 0.3) is 0 Å². The van der Waals surface area contributed by atoms with E-state index in [-0.39, 0.29) is 6.10 Å². The molecule has 1 fully saturated rings. The molecule has 0 amide bonds. The molecule has 1 aliphatic rings. The zero-order valence-electron chi connectivity index (χ0n) is 9.95. The summed E-state index contributed by atoms with van der Waals surface area (Å²) >= 11 is 0.